The summed E-state index contributed by atoms with van der Waals surface area (Å²) in [6.45, 7) is 12.3. The van der Waals surface area contributed by atoms with Gasteiger partial charge in [-0.1, -0.05) is 23.2 Å². The number of hydrogen-bond donors (Lipinski definition) is 3. The second-order valence-electron chi connectivity index (χ2n) is 10.0. The SMILES string of the molecule is C1CN(C2CCOCC2)CCN1.Nc1nc(Cl)nnc1Cl.Nc1nc(N2CCN(C3CCOCC3)CC2)nnc1Cl. The van der Waals surface area contributed by atoms with Gasteiger partial charge in [0.05, 0.1) is 0 Å². The monoisotopic (exact) mass is 632 g/mol. The zero-order chi connectivity index (χ0) is 29.0. The first kappa shape index (κ1) is 32.0. The van der Waals surface area contributed by atoms with Crippen LogP contribution in [0.25, 0.3) is 0 Å². The maximum absolute atomic E-state index is 5.74. The topological polar surface area (TPSA) is 170 Å². The van der Waals surface area contributed by atoms with Crippen LogP contribution in [0.4, 0.5) is 17.6 Å². The summed E-state index contributed by atoms with van der Waals surface area (Å²) < 4.78 is 10.8. The summed E-state index contributed by atoms with van der Waals surface area (Å²) in [4.78, 5) is 15.0. The lowest BCUT2D eigenvalue weighted by Gasteiger charge is -2.40. The van der Waals surface area contributed by atoms with Crippen molar-refractivity contribution in [3.8, 4) is 0 Å². The van der Waals surface area contributed by atoms with E-state index in [9.17, 15) is 0 Å². The lowest BCUT2D eigenvalue weighted by atomic mass is 10.1. The van der Waals surface area contributed by atoms with Crippen molar-refractivity contribution in [2.45, 2.75) is 37.8 Å². The Morgan fingerprint density at radius 2 is 1.12 bits per heavy atom. The van der Waals surface area contributed by atoms with Crippen molar-refractivity contribution in [2.24, 2.45) is 0 Å². The molecular formula is C24H39Cl3N12O2. The average Bonchev–Trinajstić information content (AvgIpc) is 3.03. The molecule has 0 amide bonds. The van der Waals surface area contributed by atoms with E-state index in [1.165, 1.54) is 25.9 Å². The molecule has 0 radical (unpaired) electrons. The zero-order valence-electron chi connectivity index (χ0n) is 23.1. The molecule has 4 saturated heterocycles. The van der Waals surface area contributed by atoms with Gasteiger partial charge in [0, 0.05) is 90.9 Å². The first-order chi connectivity index (χ1) is 19.9. The molecule has 0 saturated carbocycles. The van der Waals surface area contributed by atoms with Crippen LogP contribution in [0.15, 0.2) is 0 Å². The van der Waals surface area contributed by atoms with Gasteiger partial charge < -0.3 is 31.2 Å². The molecule has 0 unspecified atom stereocenters. The third-order valence-corrected chi connectivity index (χ3v) is 8.17. The van der Waals surface area contributed by atoms with Gasteiger partial charge in [-0.3, -0.25) is 9.80 Å². The van der Waals surface area contributed by atoms with Crippen molar-refractivity contribution in [2.75, 3.05) is 95.2 Å². The van der Waals surface area contributed by atoms with Crippen LogP contribution in [-0.2, 0) is 9.47 Å². The summed E-state index contributed by atoms with van der Waals surface area (Å²) >= 11 is 16.4. The quantitative estimate of drug-likeness (QED) is 0.441. The molecule has 4 aliphatic rings. The Labute approximate surface area is 255 Å². The predicted molar refractivity (Wildman–Crippen MR) is 159 cm³/mol. The number of rotatable bonds is 3. The number of nitrogens with one attached hydrogen (secondary N) is 1. The van der Waals surface area contributed by atoms with Crippen molar-refractivity contribution in [3.63, 3.8) is 0 Å². The van der Waals surface area contributed by atoms with Gasteiger partial charge in [-0.05, 0) is 37.3 Å². The van der Waals surface area contributed by atoms with Crippen molar-refractivity contribution in [1.82, 2.24) is 45.5 Å². The van der Waals surface area contributed by atoms with Crippen LogP contribution in [0.2, 0.25) is 15.6 Å². The summed E-state index contributed by atoms with van der Waals surface area (Å²) in [7, 11) is 0. The molecule has 0 bridgehead atoms. The molecule has 6 rings (SSSR count). The summed E-state index contributed by atoms with van der Waals surface area (Å²) in [6, 6.07) is 1.46. The van der Waals surface area contributed by atoms with Crippen LogP contribution in [-0.4, -0.2) is 131 Å². The number of ether oxygens (including phenoxy) is 2. The van der Waals surface area contributed by atoms with Crippen LogP contribution < -0.4 is 21.7 Å². The smallest absolute Gasteiger partial charge is 0.247 e. The van der Waals surface area contributed by atoms with E-state index in [-0.39, 0.29) is 27.2 Å². The molecule has 4 aliphatic heterocycles. The molecule has 0 spiro atoms. The highest BCUT2D eigenvalue weighted by atomic mass is 35.5. The molecule has 0 aromatic carbocycles. The van der Waals surface area contributed by atoms with Gasteiger partial charge in [0.2, 0.25) is 11.2 Å². The number of aromatic nitrogens is 6. The maximum Gasteiger partial charge on any atom is 0.247 e. The van der Waals surface area contributed by atoms with Crippen molar-refractivity contribution in [3.05, 3.63) is 15.6 Å². The Kier molecular flexibility index (Phi) is 13.0. The normalized spacial score (nSPS) is 21.4. The minimum atomic E-state index is -0.00287. The van der Waals surface area contributed by atoms with Gasteiger partial charge in [-0.2, -0.15) is 9.97 Å². The Bertz CT molecular complexity index is 1050. The predicted octanol–water partition coefficient (Wildman–Crippen LogP) is 1.24. The summed E-state index contributed by atoms with van der Waals surface area (Å²) in [5.41, 5.74) is 10.9. The minimum Gasteiger partial charge on any atom is -0.381 e. The second-order valence-corrected chi connectivity index (χ2v) is 11.1. The fourth-order valence-corrected chi connectivity index (χ4v) is 5.48. The van der Waals surface area contributed by atoms with E-state index in [0.717, 1.165) is 84.6 Å². The molecule has 5 N–H and O–H groups in total. The van der Waals surface area contributed by atoms with E-state index >= 15 is 0 Å². The van der Waals surface area contributed by atoms with E-state index in [0.29, 0.717) is 12.0 Å². The molecule has 6 heterocycles. The fourth-order valence-electron chi connectivity index (χ4n) is 5.19. The van der Waals surface area contributed by atoms with Crippen molar-refractivity contribution < 1.29 is 9.47 Å². The molecule has 41 heavy (non-hydrogen) atoms. The number of piperazine rings is 2. The Morgan fingerprint density at radius 1 is 0.634 bits per heavy atom. The number of nitrogens with zero attached hydrogens (tertiary/aromatic N) is 9. The van der Waals surface area contributed by atoms with Crippen molar-refractivity contribution >= 4 is 52.4 Å². The Balaban J connectivity index is 0.000000156. The number of nitrogen functional groups attached to an aromatic ring is 2. The van der Waals surface area contributed by atoms with Crippen LogP contribution in [0.1, 0.15) is 25.7 Å². The molecule has 0 atom stereocenters. The summed E-state index contributed by atoms with van der Waals surface area (Å²) in [5.74, 6) is 0.902. The first-order valence-corrected chi connectivity index (χ1v) is 15.1. The number of anilines is 3. The lowest BCUT2D eigenvalue weighted by molar-refractivity contribution is 0.0299. The van der Waals surface area contributed by atoms with Gasteiger partial charge in [0.1, 0.15) is 0 Å². The molecule has 14 nitrogen and oxygen atoms in total. The largest absolute Gasteiger partial charge is 0.381 e. The van der Waals surface area contributed by atoms with Crippen LogP contribution in [0.3, 0.4) is 0 Å². The molecule has 2 aromatic heterocycles. The maximum atomic E-state index is 5.74. The summed E-state index contributed by atoms with van der Waals surface area (Å²) in [5, 5.41) is 18.1. The highest BCUT2D eigenvalue weighted by molar-refractivity contribution is 6.32. The van der Waals surface area contributed by atoms with Gasteiger partial charge in [-0.15, -0.1) is 20.4 Å². The molecule has 17 heteroatoms. The van der Waals surface area contributed by atoms with Gasteiger partial charge in [0.25, 0.3) is 0 Å². The first-order valence-electron chi connectivity index (χ1n) is 14.0. The third kappa shape index (κ3) is 10.1. The third-order valence-electron chi connectivity index (χ3n) is 7.47. The van der Waals surface area contributed by atoms with Gasteiger partial charge in [-0.25, -0.2) is 0 Å². The van der Waals surface area contributed by atoms with E-state index in [4.69, 9.17) is 55.7 Å². The van der Waals surface area contributed by atoms with Crippen molar-refractivity contribution in [1.29, 1.82) is 0 Å². The Morgan fingerprint density at radius 3 is 1.61 bits per heavy atom. The van der Waals surface area contributed by atoms with E-state index in [1.54, 1.807) is 0 Å². The molecule has 228 valence electrons. The highest BCUT2D eigenvalue weighted by Crippen LogP contribution is 2.20. The number of nitrogens with two attached hydrogens (primary N) is 2. The molecular weight excluding hydrogens is 595 g/mol. The molecule has 0 aliphatic carbocycles. The lowest BCUT2D eigenvalue weighted by Crippen LogP contribution is -2.52. The van der Waals surface area contributed by atoms with Crippen LogP contribution in [0, 0.1) is 0 Å². The average molecular weight is 634 g/mol. The fraction of sp³-hybridized carbons (Fsp3) is 0.750. The standard InChI is InChI=1S/C12H19ClN6O.C9H18N2O.C3H2Cl2N4/c13-10-11(14)15-12(17-16-10)19-5-3-18(4-6-19)9-1-7-20-8-2-9;1-7-12-8-2-9(1)11-5-3-10-4-6-11;4-1-2(6)7-3(5)9-8-1/h9H,1-8H2,(H2,14,15,17);9-10H,1-8H2;(H2,6,7,9). The molecule has 2 aromatic rings. The van der Waals surface area contributed by atoms with Gasteiger partial charge >= 0.3 is 0 Å². The van der Waals surface area contributed by atoms with E-state index in [2.05, 4.69) is 50.4 Å². The molecule has 4 fully saturated rings. The van der Waals surface area contributed by atoms with E-state index < -0.39 is 0 Å². The van der Waals surface area contributed by atoms with Crippen LogP contribution in [0.5, 0.6) is 0 Å². The zero-order valence-corrected chi connectivity index (χ0v) is 25.4. The van der Waals surface area contributed by atoms with Crippen LogP contribution >= 0.6 is 34.8 Å². The van der Waals surface area contributed by atoms with E-state index in [1.807, 2.05) is 0 Å². The number of halogens is 3. The number of hydrogen-bond acceptors (Lipinski definition) is 14. The highest BCUT2D eigenvalue weighted by Gasteiger charge is 2.27. The minimum absolute atomic E-state index is 0.00287. The Hall–Kier alpha value is -1.91. The second kappa shape index (κ2) is 16.7. The summed E-state index contributed by atoms with van der Waals surface area (Å²) in [6.07, 6.45) is 4.73. The van der Waals surface area contributed by atoms with Gasteiger partial charge in [0.15, 0.2) is 21.9 Å².